The fraction of sp³-hybridized carbons (Fsp3) is 0.267. The molecule has 0 saturated carbocycles. The second kappa shape index (κ2) is 5.85. The van der Waals surface area contributed by atoms with Crippen LogP contribution in [0.5, 0.6) is 0 Å². The molecular formula is C15H16ClNO2S. The van der Waals surface area contributed by atoms with Gasteiger partial charge in [0.15, 0.2) is 0 Å². The highest BCUT2D eigenvalue weighted by Crippen LogP contribution is 2.30. The summed E-state index contributed by atoms with van der Waals surface area (Å²) in [6.07, 6.45) is 0. The number of thiophene rings is 1. The number of halogens is 1. The van der Waals surface area contributed by atoms with Crippen LogP contribution in [0.15, 0.2) is 35.7 Å². The van der Waals surface area contributed by atoms with Gasteiger partial charge in [-0.1, -0.05) is 37.6 Å². The Hall–Kier alpha value is -1.52. The van der Waals surface area contributed by atoms with Gasteiger partial charge in [0.05, 0.1) is 10.7 Å². The molecule has 0 aliphatic heterocycles. The van der Waals surface area contributed by atoms with E-state index in [9.17, 15) is 9.90 Å². The number of carbonyl (C=O) groups is 1. The maximum Gasteiger partial charge on any atom is 0.339 e. The van der Waals surface area contributed by atoms with Crippen LogP contribution in [0.4, 0.5) is 5.69 Å². The minimum atomic E-state index is -1.02. The first-order chi connectivity index (χ1) is 9.42. The van der Waals surface area contributed by atoms with Crippen molar-refractivity contribution in [3.05, 3.63) is 51.2 Å². The van der Waals surface area contributed by atoms with Crippen LogP contribution in [0.1, 0.15) is 29.1 Å². The van der Waals surface area contributed by atoms with E-state index >= 15 is 0 Å². The van der Waals surface area contributed by atoms with Crippen molar-refractivity contribution in [2.45, 2.75) is 19.3 Å². The van der Waals surface area contributed by atoms with Gasteiger partial charge in [0.1, 0.15) is 5.56 Å². The van der Waals surface area contributed by atoms with E-state index in [0.29, 0.717) is 12.2 Å². The highest BCUT2D eigenvalue weighted by atomic mass is 35.5. The molecule has 0 bridgehead atoms. The smallest absolute Gasteiger partial charge is 0.339 e. The molecule has 2 aromatic rings. The lowest BCUT2D eigenvalue weighted by Crippen LogP contribution is -2.27. The van der Waals surface area contributed by atoms with Crippen LogP contribution < -0.4 is 5.32 Å². The third kappa shape index (κ3) is 3.14. The van der Waals surface area contributed by atoms with E-state index < -0.39 is 5.97 Å². The molecule has 0 atom stereocenters. The zero-order chi connectivity index (χ0) is 14.8. The van der Waals surface area contributed by atoms with Crippen molar-refractivity contribution >= 4 is 34.6 Å². The van der Waals surface area contributed by atoms with Crippen molar-refractivity contribution in [1.82, 2.24) is 0 Å². The summed E-state index contributed by atoms with van der Waals surface area (Å²) in [5.41, 5.74) is 0.595. The quantitative estimate of drug-likeness (QED) is 0.855. The molecule has 0 saturated heterocycles. The Balaban J connectivity index is 2.20. The summed E-state index contributed by atoms with van der Waals surface area (Å²) in [5, 5.41) is 14.7. The molecule has 106 valence electrons. The highest BCUT2D eigenvalue weighted by molar-refractivity contribution is 7.10. The largest absolute Gasteiger partial charge is 0.478 e. The maximum absolute atomic E-state index is 11.3. The minimum absolute atomic E-state index is 0.0771. The number of aromatic carboxylic acids is 1. The van der Waals surface area contributed by atoms with Crippen molar-refractivity contribution in [3.63, 3.8) is 0 Å². The number of carboxylic acid groups (broad SMARTS) is 1. The average Bonchev–Trinajstić information content (AvgIpc) is 2.90. The molecule has 0 amide bonds. The lowest BCUT2D eigenvalue weighted by atomic mass is 9.91. The molecule has 1 aromatic carbocycles. The van der Waals surface area contributed by atoms with Crippen LogP contribution >= 0.6 is 22.9 Å². The second-order valence-corrected chi connectivity index (χ2v) is 6.54. The van der Waals surface area contributed by atoms with Crippen LogP contribution in [-0.4, -0.2) is 17.6 Å². The van der Waals surface area contributed by atoms with E-state index in [1.165, 1.54) is 4.88 Å². The number of rotatable bonds is 5. The second-order valence-electron chi connectivity index (χ2n) is 5.18. The van der Waals surface area contributed by atoms with Gasteiger partial charge in [0.25, 0.3) is 0 Å². The number of hydrogen-bond donors (Lipinski definition) is 2. The molecule has 0 aliphatic carbocycles. The summed E-state index contributed by atoms with van der Waals surface area (Å²) < 4.78 is 0. The Kier molecular flexibility index (Phi) is 4.35. The van der Waals surface area contributed by atoms with E-state index in [1.807, 2.05) is 11.4 Å². The van der Waals surface area contributed by atoms with Gasteiger partial charge in [-0.15, -0.1) is 11.3 Å². The molecule has 3 nitrogen and oxygen atoms in total. The van der Waals surface area contributed by atoms with Crippen molar-refractivity contribution < 1.29 is 9.90 Å². The zero-order valence-corrected chi connectivity index (χ0v) is 12.9. The molecule has 1 aromatic heterocycles. The van der Waals surface area contributed by atoms with E-state index in [4.69, 9.17) is 11.6 Å². The molecule has 0 unspecified atom stereocenters. The highest BCUT2D eigenvalue weighted by Gasteiger charge is 2.23. The lowest BCUT2D eigenvalue weighted by molar-refractivity contribution is 0.0698. The van der Waals surface area contributed by atoms with Gasteiger partial charge in [0, 0.05) is 16.8 Å². The molecular weight excluding hydrogens is 294 g/mol. The van der Waals surface area contributed by atoms with Crippen molar-refractivity contribution in [1.29, 1.82) is 0 Å². The summed E-state index contributed by atoms with van der Waals surface area (Å²) in [6.45, 7) is 4.88. The van der Waals surface area contributed by atoms with Gasteiger partial charge < -0.3 is 10.4 Å². The fourth-order valence-corrected chi connectivity index (χ4v) is 3.06. The van der Waals surface area contributed by atoms with Crippen molar-refractivity contribution in [2.75, 3.05) is 11.9 Å². The van der Waals surface area contributed by atoms with E-state index in [1.54, 1.807) is 29.5 Å². The van der Waals surface area contributed by atoms with Gasteiger partial charge in [-0.3, -0.25) is 0 Å². The summed E-state index contributed by atoms with van der Waals surface area (Å²) in [6, 6.07) is 9.17. The number of nitrogens with one attached hydrogen (secondary N) is 1. The molecule has 2 rings (SSSR count). The van der Waals surface area contributed by atoms with Crippen LogP contribution in [-0.2, 0) is 5.41 Å². The Bertz CT molecular complexity index is 608. The van der Waals surface area contributed by atoms with Crippen LogP contribution in [0, 0.1) is 0 Å². The Labute approximate surface area is 127 Å². The molecule has 0 radical (unpaired) electrons. The first-order valence-electron chi connectivity index (χ1n) is 6.21. The Morgan fingerprint density at radius 2 is 2.10 bits per heavy atom. The van der Waals surface area contributed by atoms with Crippen molar-refractivity contribution in [3.8, 4) is 0 Å². The number of carboxylic acids is 1. The van der Waals surface area contributed by atoms with Crippen LogP contribution in [0.3, 0.4) is 0 Å². The zero-order valence-electron chi connectivity index (χ0n) is 11.3. The number of hydrogen-bond acceptors (Lipinski definition) is 3. The molecule has 0 spiro atoms. The third-order valence-electron chi connectivity index (χ3n) is 3.14. The normalized spacial score (nSPS) is 11.3. The van der Waals surface area contributed by atoms with E-state index in [2.05, 4.69) is 25.2 Å². The molecule has 5 heteroatoms. The van der Waals surface area contributed by atoms with Crippen molar-refractivity contribution in [2.24, 2.45) is 0 Å². The lowest BCUT2D eigenvalue weighted by Gasteiger charge is -2.25. The summed E-state index contributed by atoms with van der Waals surface area (Å²) in [7, 11) is 0. The molecule has 1 heterocycles. The summed E-state index contributed by atoms with van der Waals surface area (Å²) in [4.78, 5) is 12.5. The average molecular weight is 310 g/mol. The van der Waals surface area contributed by atoms with Crippen LogP contribution in [0.2, 0.25) is 5.02 Å². The third-order valence-corrected chi connectivity index (χ3v) is 4.69. The maximum atomic E-state index is 11.3. The van der Waals surface area contributed by atoms with Crippen LogP contribution in [0.25, 0.3) is 0 Å². The summed E-state index contributed by atoms with van der Waals surface area (Å²) in [5.74, 6) is -1.02. The predicted octanol–water partition coefficient (Wildman–Crippen LogP) is 4.49. The number of anilines is 1. The Morgan fingerprint density at radius 3 is 2.70 bits per heavy atom. The van der Waals surface area contributed by atoms with Gasteiger partial charge in [-0.05, 0) is 23.6 Å². The SMILES string of the molecule is CC(C)(CNc1cccc(Cl)c1C(=O)O)c1cccs1. The molecule has 20 heavy (non-hydrogen) atoms. The van der Waals surface area contributed by atoms with E-state index in [-0.39, 0.29) is 16.0 Å². The van der Waals surface area contributed by atoms with Gasteiger partial charge in [0.2, 0.25) is 0 Å². The molecule has 2 N–H and O–H groups in total. The summed E-state index contributed by atoms with van der Waals surface area (Å²) >= 11 is 7.65. The monoisotopic (exact) mass is 309 g/mol. The minimum Gasteiger partial charge on any atom is -0.478 e. The van der Waals surface area contributed by atoms with Gasteiger partial charge in [-0.2, -0.15) is 0 Å². The number of benzene rings is 1. The predicted molar refractivity (Wildman–Crippen MR) is 84.2 cm³/mol. The molecule has 0 fully saturated rings. The van der Waals surface area contributed by atoms with Gasteiger partial charge in [-0.25, -0.2) is 4.79 Å². The fourth-order valence-electron chi connectivity index (χ4n) is 1.96. The van der Waals surface area contributed by atoms with Gasteiger partial charge >= 0.3 is 5.97 Å². The topological polar surface area (TPSA) is 49.3 Å². The first kappa shape index (κ1) is 14.9. The first-order valence-corrected chi connectivity index (χ1v) is 7.47. The Morgan fingerprint density at radius 1 is 1.35 bits per heavy atom. The van der Waals surface area contributed by atoms with E-state index in [0.717, 1.165) is 0 Å². The molecule has 0 aliphatic rings. The standard InChI is InChI=1S/C15H16ClNO2S/c1-15(2,12-7-4-8-20-12)9-17-11-6-3-5-10(16)13(11)14(18)19/h3-8,17H,9H2,1-2H3,(H,18,19).